The van der Waals surface area contributed by atoms with Crippen LogP contribution in [0.5, 0.6) is 0 Å². The van der Waals surface area contributed by atoms with Crippen LogP contribution in [-0.2, 0) is 9.53 Å². The number of hydrogen-bond donors (Lipinski definition) is 0. The molecule has 3 rings (SSSR count). The maximum Gasteiger partial charge on any atom is 0.269 e. The molecule has 3 unspecified atom stereocenters. The van der Waals surface area contributed by atoms with Gasteiger partial charge in [-0.3, -0.25) is 14.9 Å². The van der Waals surface area contributed by atoms with E-state index in [1.54, 1.807) is 19.1 Å². The lowest BCUT2D eigenvalue weighted by atomic mass is 9.84. The largest absolute Gasteiger partial charge is 0.365 e. The SMILES string of the molecule is CC(=O)C1CCC(c2ccccc2)OC1c1ccc([N+](=O)[O-])cc1. The molecule has 3 atom stereocenters. The van der Waals surface area contributed by atoms with E-state index in [9.17, 15) is 14.9 Å². The Morgan fingerprint density at radius 3 is 2.29 bits per heavy atom. The van der Waals surface area contributed by atoms with Crippen LogP contribution in [-0.4, -0.2) is 10.7 Å². The molecule has 0 saturated carbocycles. The van der Waals surface area contributed by atoms with Gasteiger partial charge in [0.05, 0.1) is 17.1 Å². The molecule has 5 nitrogen and oxygen atoms in total. The number of nitro benzene ring substituents is 1. The Kier molecular flexibility index (Phi) is 4.71. The highest BCUT2D eigenvalue weighted by Crippen LogP contribution is 2.42. The van der Waals surface area contributed by atoms with Crippen molar-refractivity contribution in [2.75, 3.05) is 0 Å². The number of benzene rings is 2. The van der Waals surface area contributed by atoms with Gasteiger partial charge in [0.2, 0.25) is 0 Å². The molecule has 2 aromatic carbocycles. The molecular weight excluding hydrogens is 306 g/mol. The Morgan fingerprint density at radius 1 is 1.04 bits per heavy atom. The first-order valence-corrected chi connectivity index (χ1v) is 8.01. The van der Waals surface area contributed by atoms with E-state index in [0.29, 0.717) is 0 Å². The van der Waals surface area contributed by atoms with Crippen molar-refractivity contribution >= 4 is 11.5 Å². The van der Waals surface area contributed by atoms with Crippen LogP contribution in [0.15, 0.2) is 54.6 Å². The molecule has 2 aromatic rings. The van der Waals surface area contributed by atoms with Gasteiger partial charge in [-0.1, -0.05) is 30.3 Å². The van der Waals surface area contributed by atoms with E-state index in [-0.39, 0.29) is 29.6 Å². The Balaban J connectivity index is 1.88. The van der Waals surface area contributed by atoms with Crippen LogP contribution in [0.2, 0.25) is 0 Å². The van der Waals surface area contributed by atoms with Gasteiger partial charge in [-0.05, 0) is 43.0 Å². The number of hydrogen-bond acceptors (Lipinski definition) is 4. The molecule has 1 heterocycles. The zero-order valence-corrected chi connectivity index (χ0v) is 13.4. The predicted molar refractivity (Wildman–Crippen MR) is 89.5 cm³/mol. The van der Waals surface area contributed by atoms with Crippen molar-refractivity contribution in [3.63, 3.8) is 0 Å². The fraction of sp³-hybridized carbons (Fsp3) is 0.316. The molecule has 0 N–H and O–H groups in total. The van der Waals surface area contributed by atoms with E-state index in [1.165, 1.54) is 12.1 Å². The monoisotopic (exact) mass is 325 g/mol. The van der Waals surface area contributed by atoms with Crippen LogP contribution < -0.4 is 0 Å². The maximum absolute atomic E-state index is 12.0. The molecule has 0 spiro atoms. The van der Waals surface area contributed by atoms with Crippen molar-refractivity contribution in [1.29, 1.82) is 0 Å². The van der Waals surface area contributed by atoms with Gasteiger partial charge in [-0.15, -0.1) is 0 Å². The van der Waals surface area contributed by atoms with Gasteiger partial charge in [0, 0.05) is 18.1 Å². The van der Waals surface area contributed by atoms with Crippen molar-refractivity contribution in [2.24, 2.45) is 5.92 Å². The van der Waals surface area contributed by atoms with E-state index >= 15 is 0 Å². The minimum Gasteiger partial charge on any atom is -0.365 e. The van der Waals surface area contributed by atoms with E-state index < -0.39 is 4.92 Å². The lowest BCUT2D eigenvalue weighted by Gasteiger charge is -2.36. The minimum absolute atomic E-state index is 0.0357. The topological polar surface area (TPSA) is 69.4 Å². The molecule has 1 saturated heterocycles. The molecule has 0 aromatic heterocycles. The molecule has 0 aliphatic carbocycles. The normalized spacial score (nSPS) is 23.6. The predicted octanol–water partition coefficient (Wildman–Crippen LogP) is 4.39. The Hall–Kier alpha value is -2.53. The third kappa shape index (κ3) is 3.36. The molecule has 0 radical (unpaired) electrons. The Morgan fingerprint density at radius 2 is 1.71 bits per heavy atom. The lowest BCUT2D eigenvalue weighted by molar-refractivity contribution is -0.384. The third-order valence-electron chi connectivity index (χ3n) is 4.54. The molecular formula is C19H19NO4. The highest BCUT2D eigenvalue weighted by atomic mass is 16.6. The number of nitrogens with zero attached hydrogens (tertiary/aromatic N) is 1. The molecule has 0 bridgehead atoms. The van der Waals surface area contributed by atoms with E-state index in [4.69, 9.17) is 4.74 Å². The summed E-state index contributed by atoms with van der Waals surface area (Å²) >= 11 is 0. The van der Waals surface area contributed by atoms with Gasteiger partial charge >= 0.3 is 0 Å². The van der Waals surface area contributed by atoms with Crippen LogP contribution in [0.1, 0.15) is 43.1 Å². The van der Waals surface area contributed by atoms with Crippen molar-refractivity contribution in [1.82, 2.24) is 0 Å². The van der Waals surface area contributed by atoms with Gasteiger partial charge in [-0.25, -0.2) is 0 Å². The van der Waals surface area contributed by atoms with Crippen LogP contribution in [0.25, 0.3) is 0 Å². The number of Topliss-reactive ketones (excluding diaryl/α,β-unsaturated/α-hetero) is 1. The fourth-order valence-corrected chi connectivity index (χ4v) is 3.25. The standard InChI is InChI=1S/C19H19NO4/c1-13(21)17-11-12-18(14-5-3-2-4-6-14)24-19(17)15-7-9-16(10-8-15)20(22)23/h2-10,17-19H,11-12H2,1H3. The van der Waals surface area contributed by atoms with Crippen molar-refractivity contribution < 1.29 is 14.5 Å². The molecule has 24 heavy (non-hydrogen) atoms. The van der Waals surface area contributed by atoms with E-state index in [2.05, 4.69) is 0 Å². The second-order valence-electron chi connectivity index (χ2n) is 6.10. The first kappa shape index (κ1) is 16.3. The summed E-state index contributed by atoms with van der Waals surface area (Å²) in [6, 6.07) is 16.2. The van der Waals surface area contributed by atoms with Gasteiger partial charge in [0.15, 0.2) is 0 Å². The van der Waals surface area contributed by atoms with Crippen molar-refractivity contribution in [3.8, 4) is 0 Å². The summed E-state index contributed by atoms with van der Waals surface area (Å²) < 4.78 is 6.24. The number of ether oxygens (including phenoxy) is 1. The summed E-state index contributed by atoms with van der Waals surface area (Å²) in [5.74, 6) is -0.128. The summed E-state index contributed by atoms with van der Waals surface area (Å²) in [5, 5.41) is 10.8. The van der Waals surface area contributed by atoms with Crippen LogP contribution in [0.4, 0.5) is 5.69 Å². The first-order valence-electron chi connectivity index (χ1n) is 8.01. The zero-order chi connectivity index (χ0) is 17.1. The smallest absolute Gasteiger partial charge is 0.269 e. The van der Waals surface area contributed by atoms with Crippen LogP contribution >= 0.6 is 0 Å². The molecule has 0 amide bonds. The molecule has 124 valence electrons. The Bertz CT molecular complexity index is 727. The molecule has 1 fully saturated rings. The minimum atomic E-state index is -0.430. The second kappa shape index (κ2) is 6.93. The maximum atomic E-state index is 12.0. The fourth-order valence-electron chi connectivity index (χ4n) is 3.25. The van der Waals surface area contributed by atoms with Crippen LogP contribution in [0, 0.1) is 16.0 Å². The quantitative estimate of drug-likeness (QED) is 0.617. The molecule has 1 aliphatic heterocycles. The first-order chi connectivity index (χ1) is 11.6. The van der Waals surface area contributed by atoms with Gasteiger partial charge in [0.1, 0.15) is 5.78 Å². The molecule has 1 aliphatic rings. The number of nitro groups is 1. The molecule has 5 heteroatoms. The number of rotatable bonds is 4. The van der Waals surface area contributed by atoms with Gasteiger partial charge < -0.3 is 4.74 Å². The van der Waals surface area contributed by atoms with Crippen molar-refractivity contribution in [2.45, 2.75) is 32.0 Å². The number of non-ortho nitro benzene ring substituents is 1. The van der Waals surface area contributed by atoms with Gasteiger partial charge in [0.25, 0.3) is 5.69 Å². The highest BCUT2D eigenvalue weighted by Gasteiger charge is 2.35. The summed E-state index contributed by atoms with van der Waals surface area (Å²) in [5.41, 5.74) is 1.93. The summed E-state index contributed by atoms with van der Waals surface area (Å²) in [7, 11) is 0. The van der Waals surface area contributed by atoms with Gasteiger partial charge in [-0.2, -0.15) is 0 Å². The van der Waals surface area contributed by atoms with E-state index in [1.807, 2.05) is 30.3 Å². The zero-order valence-electron chi connectivity index (χ0n) is 13.4. The number of ketones is 1. The van der Waals surface area contributed by atoms with Crippen LogP contribution in [0.3, 0.4) is 0 Å². The van der Waals surface area contributed by atoms with E-state index in [0.717, 1.165) is 24.0 Å². The summed E-state index contributed by atoms with van der Waals surface area (Å²) in [4.78, 5) is 22.4. The van der Waals surface area contributed by atoms with Crippen molar-refractivity contribution in [3.05, 3.63) is 75.8 Å². The summed E-state index contributed by atoms with van der Waals surface area (Å²) in [6.45, 7) is 1.58. The Labute approximate surface area is 140 Å². The second-order valence-corrected chi connectivity index (χ2v) is 6.10. The average Bonchev–Trinajstić information content (AvgIpc) is 2.62. The number of carbonyl (C=O) groups is 1. The average molecular weight is 325 g/mol. The number of carbonyl (C=O) groups excluding carboxylic acids is 1. The highest BCUT2D eigenvalue weighted by molar-refractivity contribution is 5.79. The third-order valence-corrected chi connectivity index (χ3v) is 4.54. The summed E-state index contributed by atoms with van der Waals surface area (Å²) in [6.07, 6.45) is 1.10. The lowest BCUT2D eigenvalue weighted by Crippen LogP contribution is -2.29.